The van der Waals surface area contributed by atoms with Gasteiger partial charge in [0.15, 0.2) is 0 Å². The van der Waals surface area contributed by atoms with Crippen LogP contribution >= 0.6 is 0 Å². The molecule has 28 heavy (non-hydrogen) atoms. The molecule has 9 heteroatoms. The molecule has 0 bridgehead atoms. The molecule has 3 N–H and O–H groups in total. The standard InChI is InChI=1S/C19H14FN3O5/c20-16(19(26)27)28-13-7-6-12(21-10-13)9-15-18(25)22-14(17(24)23-15)8-11-4-2-1-3-5-11/h1-10,16H,(H,22,25)(H,23,24)(H,26,27). The van der Waals surface area contributed by atoms with Crippen LogP contribution in [0.4, 0.5) is 4.39 Å². The fourth-order valence-electron chi connectivity index (χ4n) is 2.28. The van der Waals surface area contributed by atoms with Crippen molar-refractivity contribution in [1.82, 2.24) is 15.0 Å². The number of nitrogens with one attached hydrogen (secondary N) is 2. The minimum absolute atomic E-state index is 0.0229. The number of alkyl halides is 1. The van der Waals surface area contributed by atoms with Crippen LogP contribution in [0.3, 0.4) is 0 Å². The second-order valence-corrected chi connectivity index (χ2v) is 5.63. The smallest absolute Gasteiger partial charge is 0.378 e. The first kappa shape index (κ1) is 18.8. The van der Waals surface area contributed by atoms with Crippen LogP contribution < -0.4 is 26.6 Å². The highest BCUT2D eigenvalue weighted by atomic mass is 19.1. The number of benzene rings is 1. The van der Waals surface area contributed by atoms with Crippen LogP contribution in [0.2, 0.25) is 0 Å². The van der Waals surface area contributed by atoms with Crippen molar-refractivity contribution in [2.24, 2.45) is 0 Å². The molecule has 0 amide bonds. The molecule has 0 saturated carbocycles. The van der Waals surface area contributed by atoms with E-state index in [1.807, 2.05) is 6.07 Å². The second kappa shape index (κ2) is 8.12. The number of carboxylic acids is 1. The van der Waals surface area contributed by atoms with Crippen LogP contribution in [0.25, 0.3) is 12.2 Å². The number of aromatic amines is 2. The minimum atomic E-state index is -2.51. The first-order valence-corrected chi connectivity index (χ1v) is 8.03. The molecule has 0 fully saturated rings. The van der Waals surface area contributed by atoms with E-state index < -0.39 is 23.4 Å². The van der Waals surface area contributed by atoms with Gasteiger partial charge in [-0.05, 0) is 29.8 Å². The lowest BCUT2D eigenvalue weighted by atomic mass is 10.2. The van der Waals surface area contributed by atoms with Gasteiger partial charge in [0, 0.05) is 0 Å². The van der Waals surface area contributed by atoms with Gasteiger partial charge in [-0.2, -0.15) is 4.39 Å². The van der Waals surface area contributed by atoms with Gasteiger partial charge in [0.05, 0.1) is 11.9 Å². The Labute approximate surface area is 156 Å². The third-order valence-corrected chi connectivity index (χ3v) is 3.58. The molecule has 142 valence electrons. The van der Waals surface area contributed by atoms with E-state index in [2.05, 4.69) is 19.7 Å². The molecule has 0 aliphatic rings. The van der Waals surface area contributed by atoms with E-state index in [-0.39, 0.29) is 22.1 Å². The number of ether oxygens (including phenoxy) is 1. The van der Waals surface area contributed by atoms with Crippen LogP contribution in [0, 0.1) is 0 Å². The van der Waals surface area contributed by atoms with Gasteiger partial charge in [0.25, 0.3) is 11.1 Å². The Bertz CT molecular complexity index is 1220. The predicted molar refractivity (Wildman–Crippen MR) is 97.9 cm³/mol. The van der Waals surface area contributed by atoms with Gasteiger partial charge < -0.3 is 19.8 Å². The number of hydrogen-bond acceptors (Lipinski definition) is 5. The highest BCUT2D eigenvalue weighted by Gasteiger charge is 2.17. The van der Waals surface area contributed by atoms with E-state index in [0.717, 1.165) is 11.8 Å². The van der Waals surface area contributed by atoms with Crippen molar-refractivity contribution in [1.29, 1.82) is 0 Å². The van der Waals surface area contributed by atoms with E-state index in [9.17, 15) is 18.8 Å². The summed E-state index contributed by atoms with van der Waals surface area (Å²) >= 11 is 0. The number of rotatable bonds is 5. The van der Waals surface area contributed by atoms with Crippen LogP contribution in [-0.2, 0) is 4.79 Å². The van der Waals surface area contributed by atoms with Crippen LogP contribution in [0.15, 0.2) is 58.3 Å². The van der Waals surface area contributed by atoms with Gasteiger partial charge in [-0.3, -0.25) is 14.6 Å². The fraction of sp³-hybridized carbons (Fsp3) is 0.0526. The lowest BCUT2D eigenvalue weighted by molar-refractivity contribution is -0.153. The highest BCUT2D eigenvalue weighted by molar-refractivity contribution is 5.70. The lowest BCUT2D eigenvalue weighted by Crippen LogP contribution is -2.46. The molecule has 0 saturated heterocycles. The Kier molecular flexibility index (Phi) is 5.45. The fourth-order valence-corrected chi connectivity index (χ4v) is 2.28. The number of halogens is 1. The van der Waals surface area contributed by atoms with E-state index in [0.29, 0.717) is 0 Å². The van der Waals surface area contributed by atoms with E-state index >= 15 is 0 Å². The Balaban J connectivity index is 1.92. The number of hydrogen-bond donors (Lipinski definition) is 3. The van der Waals surface area contributed by atoms with Crippen molar-refractivity contribution in [2.75, 3.05) is 0 Å². The molecule has 2 heterocycles. The third kappa shape index (κ3) is 4.58. The van der Waals surface area contributed by atoms with Crippen molar-refractivity contribution in [3.05, 3.63) is 91.3 Å². The predicted octanol–water partition coefficient (Wildman–Crippen LogP) is -0.125. The number of carboxylic acid groups (broad SMARTS) is 1. The number of nitrogens with zero attached hydrogens (tertiary/aromatic N) is 1. The van der Waals surface area contributed by atoms with Crippen molar-refractivity contribution < 1.29 is 19.0 Å². The average molecular weight is 383 g/mol. The zero-order valence-electron chi connectivity index (χ0n) is 14.3. The number of aromatic nitrogens is 3. The molecular weight excluding hydrogens is 369 g/mol. The maximum Gasteiger partial charge on any atom is 0.378 e. The maximum absolute atomic E-state index is 13.0. The zero-order chi connectivity index (χ0) is 20.1. The summed E-state index contributed by atoms with van der Waals surface area (Å²) < 4.78 is 17.5. The van der Waals surface area contributed by atoms with Gasteiger partial charge in [-0.1, -0.05) is 30.3 Å². The molecule has 0 spiro atoms. The van der Waals surface area contributed by atoms with Crippen molar-refractivity contribution >= 4 is 18.1 Å². The molecule has 0 aliphatic carbocycles. The topological polar surface area (TPSA) is 125 Å². The average Bonchev–Trinajstić information content (AvgIpc) is 2.68. The molecule has 0 aliphatic heterocycles. The van der Waals surface area contributed by atoms with E-state index in [1.165, 1.54) is 18.2 Å². The SMILES string of the molecule is O=C(O)C(F)Oc1ccc(C=c2[nH]c(=O)c(=Cc3ccccc3)[nH]c2=O)nc1. The summed E-state index contributed by atoms with van der Waals surface area (Å²) in [5, 5.41) is 8.55. The quantitative estimate of drug-likeness (QED) is 0.564. The largest absolute Gasteiger partial charge is 0.476 e. The van der Waals surface area contributed by atoms with Crippen molar-refractivity contribution in [2.45, 2.75) is 6.36 Å². The Hall–Kier alpha value is -4.01. The lowest BCUT2D eigenvalue weighted by Gasteiger charge is -2.06. The Morgan fingerprint density at radius 3 is 2.25 bits per heavy atom. The molecule has 0 radical (unpaired) electrons. The van der Waals surface area contributed by atoms with Crippen LogP contribution in [0.1, 0.15) is 11.3 Å². The summed E-state index contributed by atoms with van der Waals surface area (Å²) in [5.41, 5.74) is 0.0131. The third-order valence-electron chi connectivity index (χ3n) is 3.58. The van der Waals surface area contributed by atoms with Crippen LogP contribution in [0.5, 0.6) is 5.75 Å². The van der Waals surface area contributed by atoms with Crippen LogP contribution in [-0.4, -0.2) is 32.4 Å². The minimum Gasteiger partial charge on any atom is -0.476 e. The first-order chi connectivity index (χ1) is 13.4. The maximum atomic E-state index is 13.0. The monoisotopic (exact) mass is 383 g/mol. The normalized spacial score (nSPS) is 13.3. The van der Waals surface area contributed by atoms with Gasteiger partial charge >= 0.3 is 12.3 Å². The highest BCUT2D eigenvalue weighted by Crippen LogP contribution is 2.12. The van der Waals surface area contributed by atoms with Gasteiger partial charge in [0.1, 0.15) is 16.4 Å². The molecule has 1 unspecified atom stereocenters. The molecule has 3 aromatic rings. The summed E-state index contributed by atoms with van der Waals surface area (Å²) in [6.45, 7) is 0. The molecule has 1 atom stereocenters. The summed E-state index contributed by atoms with van der Waals surface area (Å²) in [7, 11) is 0. The zero-order valence-corrected chi connectivity index (χ0v) is 14.3. The molecular formula is C19H14FN3O5. The number of H-pyrrole nitrogens is 2. The molecule has 3 rings (SSSR count). The van der Waals surface area contributed by atoms with Crippen molar-refractivity contribution in [3.8, 4) is 5.75 Å². The molecule has 2 aromatic heterocycles. The number of aliphatic carboxylic acids is 1. The number of carbonyl (C=O) groups is 1. The Morgan fingerprint density at radius 2 is 1.68 bits per heavy atom. The molecule has 8 nitrogen and oxygen atoms in total. The summed E-state index contributed by atoms with van der Waals surface area (Å²) in [4.78, 5) is 43.8. The number of pyridine rings is 1. The second-order valence-electron chi connectivity index (χ2n) is 5.63. The first-order valence-electron chi connectivity index (χ1n) is 8.03. The Morgan fingerprint density at radius 1 is 1.04 bits per heavy atom. The van der Waals surface area contributed by atoms with Gasteiger partial charge in [0.2, 0.25) is 0 Å². The van der Waals surface area contributed by atoms with Gasteiger partial charge in [-0.25, -0.2) is 4.79 Å². The summed E-state index contributed by atoms with van der Waals surface area (Å²) in [5.74, 6) is -1.85. The molecule has 1 aromatic carbocycles. The van der Waals surface area contributed by atoms with E-state index in [4.69, 9.17) is 5.11 Å². The van der Waals surface area contributed by atoms with Crippen molar-refractivity contribution in [3.63, 3.8) is 0 Å². The van der Waals surface area contributed by atoms with E-state index in [1.54, 1.807) is 30.3 Å². The summed E-state index contributed by atoms with van der Waals surface area (Å²) in [6.07, 6.45) is 1.46. The van der Waals surface area contributed by atoms with Gasteiger partial charge in [-0.15, -0.1) is 0 Å². The summed E-state index contributed by atoms with van der Waals surface area (Å²) in [6, 6.07) is 11.7.